The summed E-state index contributed by atoms with van der Waals surface area (Å²) < 4.78 is 13.1. The molecule has 0 fully saturated rings. The fourth-order valence-electron chi connectivity index (χ4n) is 1.51. The summed E-state index contributed by atoms with van der Waals surface area (Å²) in [5.74, 6) is -0.483. The molecule has 0 aliphatic heterocycles. The monoisotopic (exact) mass is 280 g/mol. The molecule has 1 amide bonds. The number of thiazole rings is 1. The van der Waals surface area contributed by atoms with Gasteiger partial charge in [0.2, 0.25) is 0 Å². The molecule has 0 aliphatic rings. The molecule has 1 heterocycles. The van der Waals surface area contributed by atoms with Crippen LogP contribution in [0.1, 0.15) is 5.69 Å². The van der Waals surface area contributed by atoms with E-state index < -0.39 is 0 Å². The molecule has 0 aliphatic carbocycles. The first-order valence-electron chi connectivity index (χ1n) is 5.61. The van der Waals surface area contributed by atoms with E-state index in [4.69, 9.17) is 4.84 Å². The van der Waals surface area contributed by atoms with Gasteiger partial charge >= 0.3 is 0 Å². The van der Waals surface area contributed by atoms with Crippen molar-refractivity contribution in [2.24, 2.45) is 0 Å². The van der Waals surface area contributed by atoms with Crippen molar-refractivity contribution in [1.29, 1.82) is 0 Å². The summed E-state index contributed by atoms with van der Waals surface area (Å²) in [5.41, 5.74) is 1.36. The Balaban J connectivity index is 2.13. The Hall–Kier alpha value is -1.79. The number of halogens is 1. The maximum Gasteiger partial charge on any atom is 0.251 e. The third-order valence-electron chi connectivity index (χ3n) is 2.58. The zero-order valence-corrected chi connectivity index (χ0v) is 11.4. The number of rotatable bonds is 4. The molecule has 2 rings (SSSR count). The van der Waals surface area contributed by atoms with Gasteiger partial charge in [0.25, 0.3) is 5.91 Å². The van der Waals surface area contributed by atoms with Gasteiger partial charge in [-0.05, 0) is 12.1 Å². The summed E-state index contributed by atoms with van der Waals surface area (Å²) >= 11 is 1.38. The van der Waals surface area contributed by atoms with Crippen molar-refractivity contribution in [1.82, 2.24) is 10.0 Å². The van der Waals surface area contributed by atoms with Gasteiger partial charge in [0.1, 0.15) is 10.8 Å². The van der Waals surface area contributed by atoms with Crippen molar-refractivity contribution in [3.8, 4) is 10.6 Å². The van der Waals surface area contributed by atoms with E-state index in [0.717, 1.165) is 5.06 Å². The van der Waals surface area contributed by atoms with Crippen LogP contribution in [-0.4, -0.2) is 30.1 Å². The number of amides is 1. The molecule has 1 aromatic carbocycles. The smallest absolute Gasteiger partial charge is 0.251 e. The van der Waals surface area contributed by atoms with Gasteiger partial charge < -0.3 is 0 Å². The number of likely N-dealkylation sites (N-methyl/N-ethyl adjacent to an activating group) is 1. The van der Waals surface area contributed by atoms with E-state index in [1.165, 1.54) is 30.6 Å². The summed E-state index contributed by atoms with van der Waals surface area (Å²) in [6, 6.07) is 6.23. The van der Waals surface area contributed by atoms with Gasteiger partial charge in [0, 0.05) is 18.0 Å². The van der Waals surface area contributed by atoms with Crippen LogP contribution in [0.3, 0.4) is 0 Å². The van der Waals surface area contributed by atoms with Gasteiger partial charge in [-0.3, -0.25) is 9.63 Å². The number of benzene rings is 1. The molecule has 1 aromatic heterocycles. The second-order valence-electron chi connectivity index (χ2n) is 3.90. The summed E-state index contributed by atoms with van der Waals surface area (Å²) in [5, 5.41) is 3.64. The maximum atomic E-state index is 13.1. The van der Waals surface area contributed by atoms with Crippen LogP contribution in [0.2, 0.25) is 0 Å². The number of carbonyl (C=O) groups is 1. The highest BCUT2D eigenvalue weighted by molar-refractivity contribution is 7.13. The van der Waals surface area contributed by atoms with Crippen LogP contribution in [-0.2, 0) is 16.1 Å². The number of hydrogen-bond donors (Lipinski definition) is 0. The lowest BCUT2D eigenvalue weighted by molar-refractivity contribution is -0.167. The van der Waals surface area contributed by atoms with E-state index in [1.54, 1.807) is 24.6 Å². The molecular formula is C13H13FN2O2S. The van der Waals surface area contributed by atoms with Crippen LogP contribution in [0.25, 0.3) is 10.6 Å². The van der Waals surface area contributed by atoms with E-state index in [2.05, 4.69) is 4.98 Å². The molecule has 0 atom stereocenters. The fourth-order valence-corrected chi connectivity index (χ4v) is 2.33. The zero-order chi connectivity index (χ0) is 13.8. The van der Waals surface area contributed by atoms with Crippen LogP contribution in [0, 0.1) is 5.82 Å². The van der Waals surface area contributed by atoms with Crippen LogP contribution < -0.4 is 0 Å². The highest BCUT2D eigenvalue weighted by Crippen LogP contribution is 2.24. The van der Waals surface area contributed by atoms with Crippen LogP contribution in [0.15, 0.2) is 29.6 Å². The van der Waals surface area contributed by atoms with Crippen molar-refractivity contribution in [3.05, 3.63) is 41.2 Å². The predicted octanol–water partition coefficient (Wildman–Crippen LogP) is 2.51. The van der Waals surface area contributed by atoms with Crippen LogP contribution in [0.5, 0.6) is 0 Å². The minimum Gasteiger partial charge on any atom is -0.275 e. The largest absolute Gasteiger partial charge is 0.275 e. The maximum absolute atomic E-state index is 13.1. The Morgan fingerprint density at radius 2 is 2.32 bits per heavy atom. The van der Waals surface area contributed by atoms with Crippen molar-refractivity contribution in [2.75, 3.05) is 14.2 Å². The number of nitrogens with zero attached hydrogens (tertiary/aromatic N) is 2. The molecule has 0 unspecified atom stereocenters. The molecule has 4 nitrogen and oxygen atoms in total. The highest BCUT2D eigenvalue weighted by Gasteiger charge is 2.12. The van der Waals surface area contributed by atoms with E-state index >= 15 is 0 Å². The molecule has 100 valence electrons. The zero-order valence-electron chi connectivity index (χ0n) is 10.6. The van der Waals surface area contributed by atoms with Crippen molar-refractivity contribution in [2.45, 2.75) is 6.42 Å². The molecule has 0 saturated heterocycles. The van der Waals surface area contributed by atoms with Crippen LogP contribution in [0.4, 0.5) is 4.39 Å². The topological polar surface area (TPSA) is 42.4 Å². The van der Waals surface area contributed by atoms with E-state index in [-0.39, 0.29) is 18.1 Å². The second-order valence-corrected chi connectivity index (χ2v) is 4.76. The van der Waals surface area contributed by atoms with E-state index in [9.17, 15) is 9.18 Å². The second kappa shape index (κ2) is 5.90. The Morgan fingerprint density at radius 3 is 3.00 bits per heavy atom. The normalized spacial score (nSPS) is 10.5. The predicted molar refractivity (Wildman–Crippen MR) is 71.0 cm³/mol. The van der Waals surface area contributed by atoms with E-state index in [0.29, 0.717) is 16.3 Å². The average molecular weight is 280 g/mol. The lowest BCUT2D eigenvalue weighted by atomic mass is 10.2. The minimum atomic E-state index is -0.301. The van der Waals surface area contributed by atoms with Gasteiger partial charge in [0.15, 0.2) is 0 Å². The summed E-state index contributed by atoms with van der Waals surface area (Å²) in [7, 11) is 2.97. The van der Waals surface area contributed by atoms with Crippen molar-refractivity contribution < 1.29 is 14.0 Å². The molecule has 19 heavy (non-hydrogen) atoms. The first kappa shape index (κ1) is 13.6. The van der Waals surface area contributed by atoms with Gasteiger partial charge in [-0.2, -0.15) is 0 Å². The SMILES string of the molecule is CON(C)C(=O)Cc1csc(-c2cccc(F)c2)n1. The molecule has 0 radical (unpaired) electrons. The Morgan fingerprint density at radius 1 is 1.53 bits per heavy atom. The molecule has 0 bridgehead atoms. The minimum absolute atomic E-state index is 0.163. The van der Waals surface area contributed by atoms with Crippen molar-refractivity contribution in [3.63, 3.8) is 0 Å². The quantitative estimate of drug-likeness (QED) is 0.808. The Bertz CT molecular complexity index is 586. The fraction of sp³-hybridized carbons (Fsp3) is 0.231. The summed E-state index contributed by atoms with van der Waals surface area (Å²) in [6.07, 6.45) is 0.163. The molecule has 0 spiro atoms. The molecular weight excluding hydrogens is 267 g/mol. The number of hydroxylamine groups is 2. The lowest BCUT2D eigenvalue weighted by Gasteiger charge is -2.12. The van der Waals surface area contributed by atoms with Gasteiger partial charge in [-0.15, -0.1) is 11.3 Å². The average Bonchev–Trinajstić information content (AvgIpc) is 2.86. The number of hydrogen-bond acceptors (Lipinski definition) is 4. The van der Waals surface area contributed by atoms with Gasteiger partial charge in [0.05, 0.1) is 19.2 Å². The highest BCUT2D eigenvalue weighted by atomic mass is 32.1. The molecule has 0 N–H and O–H groups in total. The third-order valence-corrected chi connectivity index (χ3v) is 3.52. The molecule has 2 aromatic rings. The number of carbonyl (C=O) groups excluding carboxylic acids is 1. The van der Waals surface area contributed by atoms with Gasteiger partial charge in [-0.25, -0.2) is 14.4 Å². The molecule has 0 saturated carbocycles. The lowest BCUT2D eigenvalue weighted by Crippen LogP contribution is -2.27. The van der Waals surface area contributed by atoms with Crippen molar-refractivity contribution >= 4 is 17.2 Å². The first-order valence-corrected chi connectivity index (χ1v) is 6.49. The standard InChI is InChI=1S/C13H13FN2O2S/c1-16(18-2)12(17)7-11-8-19-13(15-11)9-4-3-5-10(14)6-9/h3-6,8H,7H2,1-2H3. The third kappa shape index (κ3) is 3.36. The first-order chi connectivity index (χ1) is 9.10. The summed E-state index contributed by atoms with van der Waals surface area (Å²) in [6.45, 7) is 0. The van der Waals surface area contributed by atoms with Gasteiger partial charge in [-0.1, -0.05) is 12.1 Å². The number of aromatic nitrogens is 1. The molecule has 6 heteroatoms. The van der Waals surface area contributed by atoms with E-state index in [1.807, 2.05) is 0 Å². The Labute approximate surface area is 114 Å². The Kier molecular flexibility index (Phi) is 4.24. The summed E-state index contributed by atoms with van der Waals surface area (Å²) in [4.78, 5) is 20.8. The van der Waals surface area contributed by atoms with Crippen LogP contribution >= 0.6 is 11.3 Å².